The van der Waals surface area contributed by atoms with Gasteiger partial charge in [0, 0.05) is 12.4 Å². The summed E-state index contributed by atoms with van der Waals surface area (Å²) in [5.74, 6) is 0.0580. The maximum absolute atomic E-state index is 11.4. The third-order valence-corrected chi connectivity index (χ3v) is 1.90. The number of carbonyl (C=O) groups is 1. The molecular formula is C10H15N3O2. The maximum Gasteiger partial charge on any atom is 0.330 e. The zero-order chi connectivity index (χ0) is 11.5. The van der Waals surface area contributed by atoms with Crippen molar-refractivity contribution in [1.29, 1.82) is 0 Å². The van der Waals surface area contributed by atoms with Crippen LogP contribution in [-0.4, -0.2) is 28.6 Å². The zero-order valence-corrected chi connectivity index (χ0v) is 9.37. The highest BCUT2D eigenvalue weighted by Gasteiger charge is 2.29. The summed E-state index contributed by atoms with van der Waals surface area (Å²) in [5.41, 5.74) is 0.140. The van der Waals surface area contributed by atoms with Crippen molar-refractivity contribution in [2.45, 2.75) is 26.3 Å². The van der Waals surface area contributed by atoms with Crippen LogP contribution < -0.4 is 5.32 Å². The molecule has 0 atom stereocenters. The molecule has 0 bridgehead atoms. The summed E-state index contributed by atoms with van der Waals surface area (Å²) in [5, 5.41) is 2.90. The quantitative estimate of drug-likeness (QED) is 0.756. The number of nitrogens with zero attached hydrogens (tertiary/aromatic N) is 2. The van der Waals surface area contributed by atoms with Crippen LogP contribution in [0.25, 0.3) is 0 Å². The van der Waals surface area contributed by atoms with Gasteiger partial charge in [0.15, 0.2) is 0 Å². The van der Waals surface area contributed by atoms with E-state index in [4.69, 9.17) is 0 Å². The fraction of sp³-hybridized carbons (Fsp3) is 0.500. The number of ether oxygens (including phenoxy) is 1. The second-order valence-corrected chi connectivity index (χ2v) is 3.83. The summed E-state index contributed by atoms with van der Waals surface area (Å²) in [6.07, 6.45) is 3.37. The van der Waals surface area contributed by atoms with Crippen LogP contribution in [0.1, 0.15) is 19.4 Å². The van der Waals surface area contributed by atoms with E-state index < -0.39 is 5.54 Å². The zero-order valence-electron chi connectivity index (χ0n) is 9.37. The van der Waals surface area contributed by atoms with Gasteiger partial charge in [-0.25, -0.2) is 14.8 Å². The van der Waals surface area contributed by atoms with Crippen LogP contribution in [-0.2, 0) is 9.53 Å². The summed E-state index contributed by atoms with van der Waals surface area (Å²) >= 11 is 0. The molecular weight excluding hydrogens is 194 g/mol. The van der Waals surface area contributed by atoms with Crippen LogP contribution in [0.2, 0.25) is 0 Å². The third kappa shape index (κ3) is 2.90. The van der Waals surface area contributed by atoms with Crippen LogP contribution in [0.15, 0.2) is 12.4 Å². The molecule has 15 heavy (non-hydrogen) atoms. The second kappa shape index (κ2) is 4.25. The highest BCUT2D eigenvalue weighted by molar-refractivity contribution is 5.82. The Hall–Kier alpha value is -1.65. The van der Waals surface area contributed by atoms with Gasteiger partial charge >= 0.3 is 5.97 Å². The van der Waals surface area contributed by atoms with Crippen molar-refractivity contribution in [3.8, 4) is 0 Å². The first-order valence-electron chi connectivity index (χ1n) is 4.61. The molecule has 0 amide bonds. The summed E-state index contributed by atoms with van der Waals surface area (Å²) in [4.78, 5) is 19.5. The van der Waals surface area contributed by atoms with Gasteiger partial charge < -0.3 is 10.1 Å². The van der Waals surface area contributed by atoms with Crippen molar-refractivity contribution in [2.24, 2.45) is 0 Å². The molecule has 0 saturated carbocycles. The Morgan fingerprint density at radius 2 is 1.93 bits per heavy atom. The number of hydrogen-bond donors (Lipinski definition) is 1. The van der Waals surface area contributed by atoms with Crippen molar-refractivity contribution < 1.29 is 9.53 Å². The minimum atomic E-state index is -0.829. The highest BCUT2D eigenvalue weighted by atomic mass is 16.5. The van der Waals surface area contributed by atoms with E-state index in [0.29, 0.717) is 5.95 Å². The largest absolute Gasteiger partial charge is 0.467 e. The lowest BCUT2D eigenvalue weighted by Gasteiger charge is -2.22. The van der Waals surface area contributed by atoms with Gasteiger partial charge in [-0.3, -0.25) is 0 Å². The molecule has 0 unspecified atom stereocenters. The monoisotopic (exact) mass is 209 g/mol. The predicted molar refractivity (Wildman–Crippen MR) is 56.5 cm³/mol. The number of rotatable bonds is 3. The van der Waals surface area contributed by atoms with Crippen molar-refractivity contribution in [1.82, 2.24) is 9.97 Å². The van der Waals surface area contributed by atoms with Gasteiger partial charge in [-0.1, -0.05) is 0 Å². The topological polar surface area (TPSA) is 64.1 Å². The molecule has 0 aromatic carbocycles. The first-order chi connectivity index (χ1) is 6.95. The molecule has 0 aliphatic heterocycles. The molecule has 0 radical (unpaired) electrons. The Kier molecular flexibility index (Phi) is 3.24. The molecule has 0 saturated heterocycles. The molecule has 0 aliphatic carbocycles. The number of nitrogens with one attached hydrogen (secondary N) is 1. The van der Waals surface area contributed by atoms with E-state index in [9.17, 15) is 4.79 Å². The number of carbonyl (C=O) groups excluding carboxylic acids is 1. The molecule has 1 N–H and O–H groups in total. The average Bonchev–Trinajstić information content (AvgIpc) is 2.20. The SMILES string of the molecule is COC(=O)C(C)(C)Nc1ncc(C)cn1. The van der Waals surface area contributed by atoms with E-state index in [0.717, 1.165) is 5.56 Å². The van der Waals surface area contributed by atoms with Crippen molar-refractivity contribution in [3.63, 3.8) is 0 Å². The third-order valence-electron chi connectivity index (χ3n) is 1.90. The number of anilines is 1. The number of methoxy groups -OCH3 is 1. The molecule has 5 nitrogen and oxygen atoms in total. The average molecular weight is 209 g/mol. The smallest absolute Gasteiger partial charge is 0.330 e. The van der Waals surface area contributed by atoms with Gasteiger partial charge in [0.05, 0.1) is 7.11 Å². The molecule has 1 heterocycles. The molecule has 1 rings (SSSR count). The molecule has 1 aromatic rings. The number of hydrogen-bond acceptors (Lipinski definition) is 5. The van der Waals surface area contributed by atoms with E-state index in [1.165, 1.54) is 7.11 Å². The van der Waals surface area contributed by atoms with Crippen molar-refractivity contribution in [2.75, 3.05) is 12.4 Å². The van der Waals surface area contributed by atoms with E-state index in [1.807, 2.05) is 6.92 Å². The molecule has 1 aromatic heterocycles. The molecule has 0 spiro atoms. The van der Waals surface area contributed by atoms with Crippen LogP contribution in [0.3, 0.4) is 0 Å². The number of esters is 1. The molecule has 0 aliphatic rings. The van der Waals surface area contributed by atoms with Gasteiger partial charge in [-0.15, -0.1) is 0 Å². The first-order valence-corrected chi connectivity index (χ1v) is 4.61. The van der Waals surface area contributed by atoms with Crippen LogP contribution in [0, 0.1) is 6.92 Å². The number of aryl methyl sites for hydroxylation is 1. The highest BCUT2D eigenvalue weighted by Crippen LogP contribution is 2.11. The fourth-order valence-corrected chi connectivity index (χ4v) is 1.04. The summed E-state index contributed by atoms with van der Waals surface area (Å²) in [6.45, 7) is 5.32. The first kappa shape index (κ1) is 11.4. The van der Waals surface area contributed by atoms with Crippen LogP contribution >= 0.6 is 0 Å². The molecule has 82 valence electrons. The van der Waals surface area contributed by atoms with E-state index in [2.05, 4.69) is 20.0 Å². The fourth-order valence-electron chi connectivity index (χ4n) is 1.04. The molecule has 5 heteroatoms. The van der Waals surface area contributed by atoms with Gasteiger partial charge in [-0.05, 0) is 26.3 Å². The summed E-state index contributed by atoms with van der Waals surface area (Å²) < 4.78 is 4.65. The minimum absolute atomic E-state index is 0.355. The Bertz CT molecular complexity index is 346. The Labute approximate surface area is 88.9 Å². The van der Waals surface area contributed by atoms with E-state index in [1.54, 1.807) is 26.2 Å². The second-order valence-electron chi connectivity index (χ2n) is 3.83. The number of aromatic nitrogens is 2. The standard InChI is InChI=1S/C10H15N3O2/c1-7-5-11-9(12-6-7)13-10(2,3)8(14)15-4/h5-6H,1-4H3,(H,11,12,13). The van der Waals surface area contributed by atoms with Gasteiger partial charge in [0.25, 0.3) is 0 Å². The van der Waals surface area contributed by atoms with Crippen molar-refractivity contribution in [3.05, 3.63) is 18.0 Å². The van der Waals surface area contributed by atoms with Gasteiger partial charge in [-0.2, -0.15) is 0 Å². The lowest BCUT2D eigenvalue weighted by molar-refractivity contribution is -0.144. The Morgan fingerprint density at radius 3 is 2.40 bits per heavy atom. The van der Waals surface area contributed by atoms with Crippen molar-refractivity contribution >= 4 is 11.9 Å². The Balaban J connectivity index is 2.77. The normalized spacial score (nSPS) is 10.9. The summed E-state index contributed by atoms with van der Waals surface area (Å²) in [6, 6.07) is 0. The minimum Gasteiger partial charge on any atom is -0.467 e. The predicted octanol–water partition coefficient (Wildman–Crippen LogP) is 1.15. The van der Waals surface area contributed by atoms with E-state index in [-0.39, 0.29) is 5.97 Å². The lowest BCUT2D eigenvalue weighted by Crippen LogP contribution is -2.41. The van der Waals surface area contributed by atoms with Crippen LogP contribution in [0.5, 0.6) is 0 Å². The maximum atomic E-state index is 11.4. The van der Waals surface area contributed by atoms with E-state index >= 15 is 0 Å². The lowest BCUT2D eigenvalue weighted by atomic mass is 10.1. The van der Waals surface area contributed by atoms with Crippen LogP contribution in [0.4, 0.5) is 5.95 Å². The molecule has 0 fully saturated rings. The Morgan fingerprint density at radius 1 is 1.40 bits per heavy atom. The van der Waals surface area contributed by atoms with Gasteiger partial charge in [0.1, 0.15) is 5.54 Å². The summed E-state index contributed by atoms with van der Waals surface area (Å²) in [7, 11) is 1.35. The van der Waals surface area contributed by atoms with Gasteiger partial charge in [0.2, 0.25) is 5.95 Å².